The molecule has 0 aliphatic carbocycles. The fourth-order valence-corrected chi connectivity index (χ4v) is 2.97. The smallest absolute Gasteiger partial charge is 0.245 e. The Labute approximate surface area is 119 Å². The Bertz CT molecular complexity index is 689. The highest BCUT2D eigenvalue weighted by Crippen LogP contribution is 2.18. The number of nitrogens with two attached hydrogens (primary N) is 1. The van der Waals surface area contributed by atoms with E-state index in [-0.39, 0.29) is 17.3 Å². The van der Waals surface area contributed by atoms with Gasteiger partial charge in [0.2, 0.25) is 10.0 Å². The second-order valence-corrected chi connectivity index (χ2v) is 9.48. The van der Waals surface area contributed by atoms with E-state index in [0.29, 0.717) is 6.54 Å². The minimum Gasteiger partial charge on any atom is -0.381 e. The van der Waals surface area contributed by atoms with Gasteiger partial charge >= 0.3 is 0 Å². The third kappa shape index (κ3) is 3.49. The Balaban J connectivity index is 2.99. The summed E-state index contributed by atoms with van der Waals surface area (Å²) in [5.74, 6) is -0.114. The second kappa shape index (κ2) is 5.34. The van der Waals surface area contributed by atoms with Crippen LogP contribution in [0.5, 0.6) is 0 Å². The molecule has 0 fully saturated rings. The van der Waals surface area contributed by atoms with Crippen molar-refractivity contribution in [3.8, 4) is 0 Å². The first kappa shape index (κ1) is 16.9. The number of sulfonamides is 1. The van der Waals surface area contributed by atoms with Crippen LogP contribution < -0.4 is 10.5 Å². The molecule has 1 aromatic heterocycles. The third-order valence-corrected chi connectivity index (χ3v) is 6.63. The van der Waals surface area contributed by atoms with Crippen molar-refractivity contribution in [1.82, 2.24) is 14.5 Å². The Morgan fingerprint density at radius 2 is 1.90 bits per heavy atom. The quantitative estimate of drug-likeness (QED) is 0.733. The van der Waals surface area contributed by atoms with E-state index in [1.807, 2.05) is 0 Å². The largest absolute Gasteiger partial charge is 0.381 e. The van der Waals surface area contributed by atoms with Gasteiger partial charge in [-0.25, -0.2) is 21.6 Å². The summed E-state index contributed by atoms with van der Waals surface area (Å²) in [5, 5.41) is 3.85. The van der Waals surface area contributed by atoms with Gasteiger partial charge in [-0.05, 0) is 20.8 Å². The average Bonchev–Trinajstić information content (AvgIpc) is 2.67. The van der Waals surface area contributed by atoms with Crippen molar-refractivity contribution in [1.29, 1.82) is 0 Å². The van der Waals surface area contributed by atoms with Crippen molar-refractivity contribution in [2.24, 2.45) is 0 Å². The molecule has 0 bridgehead atoms. The van der Waals surface area contributed by atoms with Gasteiger partial charge in [0, 0.05) is 25.5 Å². The fourth-order valence-electron chi connectivity index (χ4n) is 1.26. The topological polar surface area (TPSA) is 124 Å². The highest BCUT2D eigenvalue weighted by molar-refractivity contribution is 7.92. The highest BCUT2D eigenvalue weighted by Gasteiger charge is 2.32. The second-order valence-electron chi connectivity index (χ2n) is 5.09. The summed E-state index contributed by atoms with van der Waals surface area (Å²) in [6.07, 6.45) is 2.37. The molecule has 0 unspecified atom stereocenters. The maximum atomic E-state index is 12.1. The zero-order valence-electron chi connectivity index (χ0n) is 11.9. The summed E-state index contributed by atoms with van der Waals surface area (Å²) in [7, 11) is -7.29. The molecule has 0 radical (unpaired) electrons. The van der Waals surface area contributed by atoms with Crippen LogP contribution in [0, 0.1) is 0 Å². The number of aromatic nitrogens is 2. The van der Waals surface area contributed by atoms with Crippen LogP contribution in [0.4, 0.5) is 5.82 Å². The van der Waals surface area contributed by atoms with E-state index >= 15 is 0 Å². The predicted octanol–water partition coefficient (Wildman–Crippen LogP) is -0.413. The van der Waals surface area contributed by atoms with Crippen molar-refractivity contribution in [3.05, 3.63) is 6.20 Å². The molecule has 0 saturated carbocycles. The van der Waals surface area contributed by atoms with Crippen LogP contribution in [0.25, 0.3) is 0 Å². The van der Waals surface area contributed by atoms with Crippen LogP contribution in [0.15, 0.2) is 11.1 Å². The van der Waals surface area contributed by atoms with Gasteiger partial charge in [-0.15, -0.1) is 0 Å². The van der Waals surface area contributed by atoms with Gasteiger partial charge in [0.05, 0.1) is 4.75 Å². The molecule has 8 nitrogen and oxygen atoms in total. The summed E-state index contributed by atoms with van der Waals surface area (Å²) < 4.78 is 49.8. The first-order valence-electron chi connectivity index (χ1n) is 5.93. The van der Waals surface area contributed by atoms with Gasteiger partial charge in [-0.2, -0.15) is 5.10 Å². The van der Waals surface area contributed by atoms with Crippen molar-refractivity contribution in [2.45, 2.75) is 37.0 Å². The summed E-state index contributed by atoms with van der Waals surface area (Å²) in [5.41, 5.74) is 5.56. The molecule has 0 aliphatic heterocycles. The molecule has 116 valence electrons. The van der Waals surface area contributed by atoms with Crippen LogP contribution in [-0.4, -0.2) is 44.2 Å². The van der Waals surface area contributed by atoms with Gasteiger partial charge in [0.15, 0.2) is 15.7 Å². The van der Waals surface area contributed by atoms with Gasteiger partial charge in [-0.3, -0.25) is 4.68 Å². The SMILES string of the molecule is CCn1cc(S(=O)(=O)NCC(C)(C)S(C)(=O)=O)c(N)n1. The lowest BCUT2D eigenvalue weighted by Gasteiger charge is -2.22. The molecular formula is C10H20N4O4S2. The molecule has 0 atom stereocenters. The lowest BCUT2D eigenvalue weighted by atomic mass is 10.2. The molecule has 0 spiro atoms. The maximum Gasteiger partial charge on any atom is 0.245 e. The molecule has 1 aromatic rings. The minimum atomic E-state index is -3.90. The number of aryl methyl sites for hydroxylation is 1. The van der Waals surface area contributed by atoms with E-state index in [0.717, 1.165) is 6.26 Å². The zero-order valence-corrected chi connectivity index (χ0v) is 13.5. The van der Waals surface area contributed by atoms with Crippen molar-refractivity contribution in [3.63, 3.8) is 0 Å². The molecule has 0 saturated heterocycles. The van der Waals surface area contributed by atoms with Crippen molar-refractivity contribution < 1.29 is 16.8 Å². The summed E-state index contributed by atoms with van der Waals surface area (Å²) in [6, 6.07) is 0. The number of nitrogens with zero attached hydrogens (tertiary/aromatic N) is 2. The number of nitrogens with one attached hydrogen (secondary N) is 1. The Morgan fingerprint density at radius 3 is 2.30 bits per heavy atom. The molecular weight excluding hydrogens is 304 g/mol. The standard InChI is InChI=1S/C10H20N4O4S2/c1-5-14-6-8(9(11)13-14)20(17,18)12-7-10(2,3)19(4,15)16/h6,12H,5,7H2,1-4H3,(H2,11,13). The first-order valence-corrected chi connectivity index (χ1v) is 9.30. The normalized spacial score (nSPS) is 13.6. The average molecular weight is 324 g/mol. The zero-order chi connectivity index (χ0) is 15.8. The van der Waals surface area contributed by atoms with Crippen LogP contribution >= 0.6 is 0 Å². The van der Waals surface area contributed by atoms with Crippen LogP contribution in [0.3, 0.4) is 0 Å². The van der Waals surface area contributed by atoms with Crippen LogP contribution in [-0.2, 0) is 26.4 Å². The number of hydrogen-bond donors (Lipinski definition) is 2. The number of anilines is 1. The molecule has 0 aliphatic rings. The van der Waals surface area contributed by atoms with E-state index in [9.17, 15) is 16.8 Å². The molecule has 20 heavy (non-hydrogen) atoms. The van der Waals surface area contributed by atoms with Crippen LogP contribution in [0.1, 0.15) is 20.8 Å². The van der Waals surface area contributed by atoms with Crippen molar-refractivity contribution in [2.75, 3.05) is 18.5 Å². The lowest BCUT2D eigenvalue weighted by Crippen LogP contribution is -2.43. The van der Waals surface area contributed by atoms with E-state index in [4.69, 9.17) is 5.73 Å². The van der Waals surface area contributed by atoms with E-state index < -0.39 is 24.6 Å². The molecule has 0 aromatic carbocycles. The first-order chi connectivity index (χ1) is 8.90. The monoisotopic (exact) mass is 324 g/mol. The van der Waals surface area contributed by atoms with Crippen LogP contribution in [0.2, 0.25) is 0 Å². The minimum absolute atomic E-state index is 0.114. The van der Waals surface area contributed by atoms with E-state index in [1.165, 1.54) is 24.7 Å². The number of sulfone groups is 1. The summed E-state index contributed by atoms with van der Waals surface area (Å²) >= 11 is 0. The van der Waals surface area contributed by atoms with E-state index in [1.54, 1.807) is 6.92 Å². The number of hydrogen-bond acceptors (Lipinski definition) is 6. The van der Waals surface area contributed by atoms with Gasteiger partial charge < -0.3 is 5.73 Å². The van der Waals surface area contributed by atoms with Gasteiger partial charge in [-0.1, -0.05) is 0 Å². The lowest BCUT2D eigenvalue weighted by molar-refractivity contribution is 0.537. The number of nitrogen functional groups attached to an aromatic ring is 1. The van der Waals surface area contributed by atoms with Gasteiger partial charge in [0.25, 0.3) is 0 Å². The Hall–Kier alpha value is -1.13. The maximum absolute atomic E-state index is 12.1. The Kier molecular flexibility index (Phi) is 4.52. The predicted molar refractivity (Wildman–Crippen MR) is 76.4 cm³/mol. The molecule has 0 amide bonds. The number of rotatable bonds is 6. The molecule has 1 rings (SSSR count). The summed E-state index contributed by atoms with van der Waals surface area (Å²) in [6.45, 7) is 4.93. The molecule has 1 heterocycles. The highest BCUT2D eigenvalue weighted by atomic mass is 32.2. The summed E-state index contributed by atoms with van der Waals surface area (Å²) in [4.78, 5) is -0.149. The van der Waals surface area contributed by atoms with Crippen molar-refractivity contribution >= 4 is 25.7 Å². The Morgan fingerprint density at radius 1 is 1.35 bits per heavy atom. The van der Waals surface area contributed by atoms with Gasteiger partial charge in [0.1, 0.15) is 4.90 Å². The van der Waals surface area contributed by atoms with E-state index in [2.05, 4.69) is 9.82 Å². The molecule has 10 heteroatoms. The third-order valence-electron chi connectivity index (χ3n) is 3.06. The molecule has 3 N–H and O–H groups in total. The fraction of sp³-hybridized carbons (Fsp3) is 0.700.